The Morgan fingerprint density at radius 2 is 1.76 bits per heavy atom. The van der Waals surface area contributed by atoms with E-state index in [1.165, 1.54) is 25.7 Å². The van der Waals surface area contributed by atoms with Crippen LogP contribution in [0, 0.1) is 0 Å². The zero-order valence-corrected chi connectivity index (χ0v) is 10.7. The lowest BCUT2D eigenvalue weighted by Gasteiger charge is -2.10. The lowest BCUT2D eigenvalue weighted by molar-refractivity contribution is 0.0956. The molecule has 1 rings (SSSR count). The normalized spacial score (nSPS) is 12.4. The first-order chi connectivity index (χ1) is 8.25. The molecule has 0 radical (unpaired) electrons. The average Bonchev–Trinajstić information content (AvgIpc) is 2.38. The molecular formula is C15H23NO. The monoisotopic (exact) mass is 233 g/mol. The van der Waals surface area contributed by atoms with E-state index in [-0.39, 0.29) is 11.8 Å². The Morgan fingerprint density at radius 3 is 2.41 bits per heavy atom. The van der Waals surface area contributed by atoms with E-state index in [9.17, 15) is 4.79 Å². The third kappa shape index (κ3) is 5.14. The van der Waals surface area contributed by atoms with Gasteiger partial charge in [0.2, 0.25) is 0 Å². The van der Waals surface area contributed by atoms with Crippen molar-refractivity contribution < 1.29 is 4.79 Å². The SMILES string of the molecule is CCCCCCC[C@H](N)C(=O)c1ccccc1. The Hall–Kier alpha value is -1.15. The number of carbonyl (C=O) groups is 1. The Labute approximate surface area is 104 Å². The molecule has 0 bridgehead atoms. The Balaban J connectivity index is 2.28. The molecule has 94 valence electrons. The standard InChI is InChI=1S/C15H23NO/c1-2-3-4-5-9-12-14(16)15(17)13-10-7-6-8-11-13/h6-8,10-11,14H,2-5,9,12,16H2,1H3/t14-/m0/s1. The summed E-state index contributed by atoms with van der Waals surface area (Å²) in [6, 6.07) is 8.99. The van der Waals surface area contributed by atoms with Gasteiger partial charge in [-0.15, -0.1) is 0 Å². The molecule has 2 N–H and O–H groups in total. The summed E-state index contributed by atoms with van der Waals surface area (Å²) in [4.78, 5) is 11.9. The van der Waals surface area contributed by atoms with Crippen LogP contribution in [0.25, 0.3) is 0 Å². The average molecular weight is 233 g/mol. The first kappa shape index (κ1) is 13.9. The molecule has 0 heterocycles. The summed E-state index contributed by atoms with van der Waals surface area (Å²) >= 11 is 0. The Morgan fingerprint density at radius 1 is 1.12 bits per heavy atom. The maximum Gasteiger partial charge on any atom is 0.179 e. The van der Waals surface area contributed by atoms with Crippen molar-refractivity contribution in [2.75, 3.05) is 0 Å². The summed E-state index contributed by atoms with van der Waals surface area (Å²) in [6.07, 6.45) is 6.82. The number of hydrogen-bond acceptors (Lipinski definition) is 2. The van der Waals surface area contributed by atoms with Crippen LogP contribution in [0.5, 0.6) is 0 Å². The van der Waals surface area contributed by atoms with Crippen LogP contribution >= 0.6 is 0 Å². The van der Waals surface area contributed by atoms with Gasteiger partial charge in [0, 0.05) is 5.56 Å². The first-order valence-corrected chi connectivity index (χ1v) is 6.60. The van der Waals surface area contributed by atoms with E-state index in [1.807, 2.05) is 30.3 Å². The smallest absolute Gasteiger partial charge is 0.179 e. The van der Waals surface area contributed by atoms with Crippen molar-refractivity contribution in [1.82, 2.24) is 0 Å². The number of Topliss-reactive ketones (excluding diaryl/α,β-unsaturated/α-hetero) is 1. The quantitative estimate of drug-likeness (QED) is 0.551. The van der Waals surface area contributed by atoms with Gasteiger partial charge < -0.3 is 5.73 Å². The fourth-order valence-corrected chi connectivity index (χ4v) is 1.92. The molecule has 1 aromatic carbocycles. The van der Waals surface area contributed by atoms with Crippen LogP contribution in [0.15, 0.2) is 30.3 Å². The minimum absolute atomic E-state index is 0.0705. The van der Waals surface area contributed by atoms with Crippen LogP contribution in [-0.4, -0.2) is 11.8 Å². The summed E-state index contributed by atoms with van der Waals surface area (Å²) in [6.45, 7) is 2.20. The Bertz CT molecular complexity index is 321. The minimum Gasteiger partial charge on any atom is -0.321 e. The summed E-state index contributed by atoms with van der Waals surface area (Å²) < 4.78 is 0. The largest absolute Gasteiger partial charge is 0.321 e. The van der Waals surface area contributed by atoms with E-state index < -0.39 is 0 Å². The molecule has 0 fully saturated rings. The summed E-state index contributed by atoms with van der Waals surface area (Å²) in [7, 11) is 0. The van der Waals surface area contributed by atoms with Crippen molar-refractivity contribution >= 4 is 5.78 Å². The molecule has 0 amide bonds. The van der Waals surface area contributed by atoms with Crippen molar-refractivity contribution in [1.29, 1.82) is 0 Å². The van der Waals surface area contributed by atoms with Crippen LogP contribution in [-0.2, 0) is 0 Å². The zero-order chi connectivity index (χ0) is 12.5. The third-order valence-corrected chi connectivity index (χ3v) is 3.01. The van der Waals surface area contributed by atoms with Gasteiger partial charge in [0.25, 0.3) is 0 Å². The lowest BCUT2D eigenvalue weighted by atomic mass is 9.99. The van der Waals surface area contributed by atoms with Gasteiger partial charge in [-0.3, -0.25) is 4.79 Å². The van der Waals surface area contributed by atoms with Gasteiger partial charge in [-0.05, 0) is 6.42 Å². The highest BCUT2D eigenvalue weighted by atomic mass is 16.1. The zero-order valence-electron chi connectivity index (χ0n) is 10.7. The first-order valence-electron chi connectivity index (χ1n) is 6.60. The molecule has 2 nitrogen and oxygen atoms in total. The van der Waals surface area contributed by atoms with E-state index in [4.69, 9.17) is 5.73 Å². The summed E-state index contributed by atoms with van der Waals surface area (Å²) in [5.41, 5.74) is 6.64. The van der Waals surface area contributed by atoms with Crippen molar-refractivity contribution in [2.24, 2.45) is 5.73 Å². The number of hydrogen-bond donors (Lipinski definition) is 1. The van der Waals surface area contributed by atoms with E-state index >= 15 is 0 Å². The van der Waals surface area contributed by atoms with Gasteiger partial charge in [0.05, 0.1) is 6.04 Å². The number of nitrogens with two attached hydrogens (primary N) is 1. The van der Waals surface area contributed by atoms with Gasteiger partial charge in [-0.25, -0.2) is 0 Å². The second-order valence-electron chi connectivity index (χ2n) is 4.54. The van der Waals surface area contributed by atoms with Gasteiger partial charge in [-0.2, -0.15) is 0 Å². The molecule has 0 saturated heterocycles. The molecule has 0 aliphatic rings. The number of ketones is 1. The molecule has 0 aliphatic carbocycles. The lowest BCUT2D eigenvalue weighted by Crippen LogP contribution is -2.30. The highest BCUT2D eigenvalue weighted by Crippen LogP contribution is 2.10. The fraction of sp³-hybridized carbons (Fsp3) is 0.533. The van der Waals surface area contributed by atoms with E-state index in [2.05, 4.69) is 6.92 Å². The van der Waals surface area contributed by atoms with Gasteiger partial charge >= 0.3 is 0 Å². The summed E-state index contributed by atoms with van der Waals surface area (Å²) in [5.74, 6) is 0.0705. The number of benzene rings is 1. The maximum atomic E-state index is 11.9. The van der Waals surface area contributed by atoms with E-state index in [0.717, 1.165) is 18.4 Å². The Kier molecular flexibility index (Phi) is 6.56. The summed E-state index contributed by atoms with van der Waals surface area (Å²) in [5, 5.41) is 0. The van der Waals surface area contributed by atoms with E-state index in [0.29, 0.717) is 0 Å². The maximum absolute atomic E-state index is 11.9. The highest BCUT2D eigenvalue weighted by molar-refractivity contribution is 5.99. The second-order valence-corrected chi connectivity index (χ2v) is 4.54. The minimum atomic E-state index is -0.334. The molecule has 0 spiro atoms. The number of unbranched alkanes of at least 4 members (excludes halogenated alkanes) is 4. The number of carbonyl (C=O) groups excluding carboxylic acids is 1. The van der Waals surface area contributed by atoms with Crippen molar-refractivity contribution in [2.45, 2.75) is 51.5 Å². The van der Waals surface area contributed by atoms with Gasteiger partial charge in [0.15, 0.2) is 5.78 Å². The molecule has 1 aromatic rings. The predicted octanol–water partition coefficient (Wildman–Crippen LogP) is 3.56. The highest BCUT2D eigenvalue weighted by Gasteiger charge is 2.14. The van der Waals surface area contributed by atoms with Crippen molar-refractivity contribution in [3.63, 3.8) is 0 Å². The molecule has 2 heteroatoms. The van der Waals surface area contributed by atoms with Crippen LogP contribution in [0.2, 0.25) is 0 Å². The topological polar surface area (TPSA) is 43.1 Å². The van der Waals surface area contributed by atoms with Crippen molar-refractivity contribution in [3.8, 4) is 0 Å². The predicted molar refractivity (Wildman–Crippen MR) is 72.1 cm³/mol. The molecule has 0 unspecified atom stereocenters. The van der Waals surface area contributed by atoms with Gasteiger partial charge in [-0.1, -0.05) is 69.4 Å². The fourth-order valence-electron chi connectivity index (χ4n) is 1.92. The molecule has 1 atom stereocenters. The molecule has 17 heavy (non-hydrogen) atoms. The second kappa shape index (κ2) is 8.02. The van der Waals surface area contributed by atoms with Crippen LogP contribution < -0.4 is 5.73 Å². The molecule has 0 aromatic heterocycles. The third-order valence-electron chi connectivity index (χ3n) is 3.01. The van der Waals surface area contributed by atoms with Crippen LogP contribution in [0.4, 0.5) is 0 Å². The van der Waals surface area contributed by atoms with Crippen LogP contribution in [0.3, 0.4) is 0 Å². The van der Waals surface area contributed by atoms with E-state index in [1.54, 1.807) is 0 Å². The van der Waals surface area contributed by atoms with Crippen LogP contribution in [0.1, 0.15) is 55.8 Å². The molecule has 0 saturated carbocycles. The number of rotatable bonds is 8. The molecule has 0 aliphatic heterocycles. The van der Waals surface area contributed by atoms with Crippen molar-refractivity contribution in [3.05, 3.63) is 35.9 Å². The molecular weight excluding hydrogens is 210 g/mol. The van der Waals surface area contributed by atoms with Gasteiger partial charge in [0.1, 0.15) is 0 Å².